The van der Waals surface area contributed by atoms with Gasteiger partial charge in [-0.25, -0.2) is 4.79 Å². The summed E-state index contributed by atoms with van der Waals surface area (Å²) in [5, 5.41) is 13.9. The van der Waals surface area contributed by atoms with Crippen LogP contribution in [0.25, 0.3) is 0 Å². The number of nitrogens with two attached hydrogens (primary N) is 2. The third-order valence-corrected chi connectivity index (χ3v) is 0.289. The normalized spacial score (nSPS) is 6.00. The van der Waals surface area contributed by atoms with E-state index in [2.05, 4.69) is 12.7 Å². The SMILES string of the molecule is CCCN.CN.O=C(O)O. The lowest BCUT2D eigenvalue weighted by atomic mass is 10.5. The Morgan fingerprint density at radius 3 is 1.50 bits per heavy atom. The lowest BCUT2D eigenvalue weighted by molar-refractivity contribution is 0.137. The van der Waals surface area contributed by atoms with Crippen molar-refractivity contribution in [3.63, 3.8) is 0 Å². The highest BCUT2D eigenvalue weighted by Crippen LogP contribution is 1.57. The Hall–Kier alpha value is -0.810. The molecule has 0 bridgehead atoms. The monoisotopic (exact) mass is 152 g/mol. The van der Waals surface area contributed by atoms with E-state index in [1.165, 1.54) is 7.05 Å². The van der Waals surface area contributed by atoms with Gasteiger partial charge < -0.3 is 21.7 Å². The fraction of sp³-hybridized carbons (Fsp3) is 0.800. The Morgan fingerprint density at radius 1 is 1.40 bits per heavy atom. The van der Waals surface area contributed by atoms with Gasteiger partial charge in [0.25, 0.3) is 0 Å². The van der Waals surface area contributed by atoms with Gasteiger partial charge in [0, 0.05) is 0 Å². The number of carbonyl (C=O) groups is 1. The Balaban J connectivity index is -0.0000000787. The third-order valence-electron chi connectivity index (χ3n) is 0.289. The summed E-state index contributed by atoms with van der Waals surface area (Å²) in [7, 11) is 1.50. The molecule has 0 spiro atoms. The van der Waals surface area contributed by atoms with Crippen molar-refractivity contribution in [3.8, 4) is 0 Å². The number of hydrogen-bond acceptors (Lipinski definition) is 3. The minimum absolute atomic E-state index is 0.819. The number of hydrogen-bond donors (Lipinski definition) is 4. The molecular weight excluding hydrogens is 136 g/mol. The molecule has 64 valence electrons. The Labute approximate surface area is 60.6 Å². The van der Waals surface area contributed by atoms with E-state index in [1.54, 1.807) is 0 Å². The molecule has 0 unspecified atom stereocenters. The van der Waals surface area contributed by atoms with E-state index >= 15 is 0 Å². The molecule has 0 aliphatic heterocycles. The molecule has 5 heteroatoms. The van der Waals surface area contributed by atoms with Crippen LogP contribution in [0, 0.1) is 0 Å². The van der Waals surface area contributed by atoms with Gasteiger partial charge in [-0.15, -0.1) is 0 Å². The first-order chi connectivity index (χ1) is 4.65. The molecule has 0 aromatic heterocycles. The van der Waals surface area contributed by atoms with E-state index in [4.69, 9.17) is 20.7 Å². The van der Waals surface area contributed by atoms with Crippen LogP contribution >= 0.6 is 0 Å². The van der Waals surface area contributed by atoms with Crippen molar-refractivity contribution in [3.05, 3.63) is 0 Å². The topological polar surface area (TPSA) is 110 Å². The quantitative estimate of drug-likeness (QED) is 0.427. The smallest absolute Gasteiger partial charge is 0.450 e. The summed E-state index contributed by atoms with van der Waals surface area (Å²) >= 11 is 0. The lowest BCUT2D eigenvalue weighted by Crippen LogP contribution is -1.93. The average Bonchev–Trinajstić information content (AvgIpc) is 1.91. The van der Waals surface area contributed by atoms with E-state index in [-0.39, 0.29) is 0 Å². The van der Waals surface area contributed by atoms with Crippen molar-refractivity contribution in [2.24, 2.45) is 11.5 Å². The summed E-state index contributed by atoms with van der Waals surface area (Å²) in [6.07, 6.45) is -0.736. The zero-order valence-electron chi connectivity index (χ0n) is 6.37. The van der Waals surface area contributed by atoms with Gasteiger partial charge in [0.05, 0.1) is 0 Å². The van der Waals surface area contributed by atoms with Gasteiger partial charge in [-0.1, -0.05) is 6.92 Å². The molecule has 5 nitrogen and oxygen atoms in total. The molecule has 0 heterocycles. The van der Waals surface area contributed by atoms with Crippen molar-refractivity contribution in [1.29, 1.82) is 0 Å². The summed E-state index contributed by atoms with van der Waals surface area (Å²) in [6, 6.07) is 0. The maximum Gasteiger partial charge on any atom is 0.503 e. The van der Waals surface area contributed by atoms with Crippen LogP contribution < -0.4 is 11.5 Å². The molecule has 0 saturated heterocycles. The third kappa shape index (κ3) is 7630. The molecule has 0 radical (unpaired) electrons. The summed E-state index contributed by atoms with van der Waals surface area (Å²) in [5.74, 6) is 0. The molecule has 0 fully saturated rings. The molecule has 0 aromatic carbocycles. The molecule has 0 aliphatic carbocycles. The first kappa shape index (κ1) is 16.1. The van der Waals surface area contributed by atoms with Crippen LogP contribution in [0.1, 0.15) is 13.3 Å². The minimum atomic E-state index is -1.83. The molecule has 10 heavy (non-hydrogen) atoms. The minimum Gasteiger partial charge on any atom is -0.450 e. The van der Waals surface area contributed by atoms with E-state index < -0.39 is 6.16 Å². The highest BCUT2D eigenvalue weighted by Gasteiger charge is 1.70. The summed E-state index contributed by atoms with van der Waals surface area (Å²) in [6.45, 7) is 2.88. The summed E-state index contributed by atoms with van der Waals surface area (Å²) in [5.41, 5.74) is 9.53. The Bertz CT molecular complexity index is 52.9. The van der Waals surface area contributed by atoms with Crippen LogP contribution in [0.2, 0.25) is 0 Å². The number of rotatable bonds is 1. The van der Waals surface area contributed by atoms with E-state index in [0.717, 1.165) is 13.0 Å². The van der Waals surface area contributed by atoms with E-state index in [0.29, 0.717) is 0 Å². The first-order valence-electron chi connectivity index (χ1n) is 2.84. The second-order valence-corrected chi connectivity index (χ2v) is 1.07. The van der Waals surface area contributed by atoms with Crippen molar-refractivity contribution in [1.82, 2.24) is 0 Å². The van der Waals surface area contributed by atoms with Gasteiger partial charge in [-0.2, -0.15) is 0 Å². The highest BCUT2D eigenvalue weighted by atomic mass is 16.6. The summed E-state index contributed by atoms with van der Waals surface area (Å²) < 4.78 is 0. The largest absolute Gasteiger partial charge is 0.503 e. The molecule has 0 rings (SSSR count). The molecule has 0 amide bonds. The molecule has 0 aliphatic rings. The first-order valence-corrected chi connectivity index (χ1v) is 2.84. The lowest BCUT2D eigenvalue weighted by Gasteiger charge is -1.70. The second-order valence-electron chi connectivity index (χ2n) is 1.07. The van der Waals surface area contributed by atoms with Crippen LogP contribution in [0.3, 0.4) is 0 Å². The predicted octanol–water partition coefficient (Wildman–Crippen LogP) is 0.152. The van der Waals surface area contributed by atoms with Crippen molar-refractivity contribution in [2.75, 3.05) is 13.6 Å². The average molecular weight is 152 g/mol. The van der Waals surface area contributed by atoms with Gasteiger partial charge >= 0.3 is 6.16 Å². The van der Waals surface area contributed by atoms with E-state index in [9.17, 15) is 0 Å². The van der Waals surface area contributed by atoms with Crippen LogP contribution in [-0.4, -0.2) is 30.0 Å². The molecule has 0 atom stereocenters. The molecule has 0 saturated carbocycles. The van der Waals surface area contributed by atoms with Gasteiger partial charge in [0.1, 0.15) is 0 Å². The van der Waals surface area contributed by atoms with Crippen LogP contribution in [0.4, 0.5) is 4.79 Å². The van der Waals surface area contributed by atoms with Crippen molar-refractivity contribution >= 4 is 6.16 Å². The molecule has 6 N–H and O–H groups in total. The van der Waals surface area contributed by atoms with Gasteiger partial charge in [0.2, 0.25) is 0 Å². The van der Waals surface area contributed by atoms with Crippen LogP contribution in [0.15, 0.2) is 0 Å². The van der Waals surface area contributed by atoms with Gasteiger partial charge in [0.15, 0.2) is 0 Å². The van der Waals surface area contributed by atoms with Gasteiger partial charge in [-0.3, -0.25) is 0 Å². The van der Waals surface area contributed by atoms with Crippen LogP contribution in [0.5, 0.6) is 0 Å². The summed E-state index contributed by atoms with van der Waals surface area (Å²) in [4.78, 5) is 8.56. The Kier molecular flexibility index (Phi) is 38.8. The fourth-order valence-corrected chi connectivity index (χ4v) is 0. The van der Waals surface area contributed by atoms with E-state index in [1.807, 2.05) is 0 Å². The zero-order chi connectivity index (χ0) is 8.99. The van der Waals surface area contributed by atoms with Crippen molar-refractivity contribution in [2.45, 2.75) is 13.3 Å². The molecule has 0 aromatic rings. The second kappa shape index (κ2) is 24.1. The van der Waals surface area contributed by atoms with Gasteiger partial charge in [-0.05, 0) is 20.0 Å². The Morgan fingerprint density at radius 2 is 1.50 bits per heavy atom. The molecular formula is C5H16N2O3. The predicted molar refractivity (Wildman–Crippen MR) is 40.1 cm³/mol. The van der Waals surface area contributed by atoms with Crippen molar-refractivity contribution < 1.29 is 15.0 Å². The fourth-order valence-electron chi connectivity index (χ4n) is 0. The number of carboxylic acid groups (broad SMARTS) is 2. The maximum atomic E-state index is 8.56. The highest BCUT2D eigenvalue weighted by molar-refractivity contribution is 5.53. The maximum absolute atomic E-state index is 8.56. The standard InChI is InChI=1S/C3H9N.CH5N.CH2O3/c1-2-3-4;1-2;2-1(3)4/h2-4H2,1H3;2H2,1H3;(H2,2,3,4). The van der Waals surface area contributed by atoms with Crippen LogP contribution in [-0.2, 0) is 0 Å². The zero-order valence-corrected chi connectivity index (χ0v) is 6.37.